The number of hydrogen-bond donors (Lipinski definition) is 1. The van der Waals surface area contributed by atoms with Crippen molar-refractivity contribution in [3.63, 3.8) is 0 Å². The number of nitrogens with zero attached hydrogens (tertiary/aromatic N) is 5. The highest BCUT2D eigenvalue weighted by Crippen LogP contribution is 2.38. The van der Waals surface area contributed by atoms with Gasteiger partial charge in [-0.25, -0.2) is 9.78 Å². The van der Waals surface area contributed by atoms with Crippen LogP contribution in [0.1, 0.15) is 11.3 Å². The van der Waals surface area contributed by atoms with Crippen LogP contribution < -0.4 is 4.90 Å². The van der Waals surface area contributed by atoms with E-state index < -0.39 is 12.1 Å². The predicted molar refractivity (Wildman–Crippen MR) is 89.5 cm³/mol. The summed E-state index contributed by atoms with van der Waals surface area (Å²) in [7, 11) is 0. The Labute approximate surface area is 145 Å². The van der Waals surface area contributed by atoms with Crippen molar-refractivity contribution in [3.05, 3.63) is 35.3 Å². The fraction of sp³-hybridized carbons (Fsp3) is 0.188. The Kier molecular flexibility index (Phi) is 3.47. The van der Waals surface area contributed by atoms with Gasteiger partial charge in [-0.2, -0.15) is 14.9 Å². The molecule has 25 heavy (non-hydrogen) atoms. The number of rotatable bonds is 4. The first-order valence-corrected chi connectivity index (χ1v) is 8.26. The van der Waals surface area contributed by atoms with Gasteiger partial charge in [0.25, 0.3) is 0 Å². The molecule has 1 aliphatic carbocycles. The Morgan fingerprint density at radius 2 is 2.32 bits per heavy atom. The molecule has 0 bridgehead atoms. The van der Waals surface area contributed by atoms with Crippen molar-refractivity contribution in [3.8, 4) is 16.6 Å². The van der Waals surface area contributed by atoms with E-state index in [0.29, 0.717) is 28.5 Å². The molecule has 0 aliphatic heterocycles. The number of carbonyl (C=O) groups is 2. The zero-order valence-electron chi connectivity index (χ0n) is 12.7. The summed E-state index contributed by atoms with van der Waals surface area (Å²) in [6.07, 6.45) is 1.66. The van der Waals surface area contributed by atoms with Gasteiger partial charge in [-0.05, 0) is 18.6 Å². The molecular weight excluding hydrogens is 342 g/mol. The first-order valence-electron chi connectivity index (χ1n) is 7.45. The Hall–Kier alpha value is -3.25. The minimum absolute atomic E-state index is 0.301. The number of anilines is 1. The number of amides is 1. The fourth-order valence-corrected chi connectivity index (χ4v) is 3.55. The minimum atomic E-state index is -1.15. The lowest BCUT2D eigenvalue weighted by Crippen LogP contribution is -2.34. The second kappa shape index (κ2) is 5.68. The summed E-state index contributed by atoms with van der Waals surface area (Å²) in [6.45, 7) is 0. The monoisotopic (exact) mass is 353 g/mol. The van der Waals surface area contributed by atoms with Crippen molar-refractivity contribution in [2.75, 3.05) is 4.90 Å². The molecule has 9 heteroatoms. The van der Waals surface area contributed by atoms with Gasteiger partial charge in [-0.1, -0.05) is 0 Å². The topological polar surface area (TPSA) is 112 Å². The summed E-state index contributed by atoms with van der Waals surface area (Å²) in [6, 6.07) is 8.46. The number of carbonyl (C=O) groups excluding carboxylic acids is 1. The van der Waals surface area contributed by atoms with Crippen LogP contribution in [0.25, 0.3) is 16.2 Å². The van der Waals surface area contributed by atoms with Gasteiger partial charge < -0.3 is 9.90 Å². The van der Waals surface area contributed by atoms with Gasteiger partial charge in [-0.15, -0.1) is 11.3 Å². The molecule has 1 N–H and O–H groups in total. The lowest BCUT2D eigenvalue weighted by Gasteiger charge is -2.20. The maximum atomic E-state index is 11.8. The average molecular weight is 353 g/mol. The molecule has 1 aliphatic rings. The van der Waals surface area contributed by atoms with E-state index in [9.17, 15) is 14.7 Å². The number of fused-ring (bicyclic) bond motifs is 1. The van der Waals surface area contributed by atoms with Gasteiger partial charge in [0.2, 0.25) is 0 Å². The molecular formula is C16H11N5O3S. The molecule has 2 unspecified atom stereocenters. The van der Waals surface area contributed by atoms with Crippen LogP contribution in [0.15, 0.2) is 30.5 Å². The largest absolute Gasteiger partial charge is 0.465 e. The third-order valence-corrected chi connectivity index (χ3v) is 5.09. The third kappa shape index (κ3) is 2.53. The summed E-state index contributed by atoms with van der Waals surface area (Å²) < 4.78 is 1.44. The lowest BCUT2D eigenvalue weighted by atomic mass is 10.3. The number of aromatic nitrogens is 3. The Morgan fingerprint density at radius 1 is 1.48 bits per heavy atom. The van der Waals surface area contributed by atoms with E-state index in [1.54, 1.807) is 24.3 Å². The predicted octanol–water partition coefficient (Wildman–Crippen LogP) is 2.40. The molecule has 1 amide bonds. The molecule has 0 saturated heterocycles. The highest BCUT2D eigenvalue weighted by molar-refractivity contribution is 7.15. The van der Waals surface area contributed by atoms with Crippen molar-refractivity contribution < 1.29 is 14.7 Å². The summed E-state index contributed by atoms with van der Waals surface area (Å²) in [4.78, 5) is 29.8. The van der Waals surface area contributed by atoms with Crippen LogP contribution in [0.3, 0.4) is 0 Å². The number of thiophene rings is 1. The van der Waals surface area contributed by atoms with Crippen LogP contribution >= 0.6 is 11.3 Å². The number of hydrogen-bond acceptors (Lipinski definition) is 6. The van der Waals surface area contributed by atoms with Crippen molar-refractivity contribution in [1.82, 2.24) is 14.6 Å². The van der Waals surface area contributed by atoms with Gasteiger partial charge in [0, 0.05) is 18.1 Å². The second-order valence-electron chi connectivity index (χ2n) is 5.63. The maximum absolute atomic E-state index is 11.8. The van der Waals surface area contributed by atoms with Crippen LogP contribution in [0.2, 0.25) is 0 Å². The SMILES string of the molecule is N#Cc1ccc(-c2cc(N(C(=O)O)C3CC3C=O)n3nccc3n2)s1. The molecule has 124 valence electrons. The normalized spacial score (nSPS) is 18.7. The van der Waals surface area contributed by atoms with E-state index >= 15 is 0 Å². The Balaban J connectivity index is 1.87. The zero-order chi connectivity index (χ0) is 17.6. The van der Waals surface area contributed by atoms with Crippen molar-refractivity contribution in [2.45, 2.75) is 12.5 Å². The van der Waals surface area contributed by atoms with Crippen LogP contribution in [-0.2, 0) is 4.79 Å². The fourth-order valence-electron chi connectivity index (χ4n) is 2.78. The molecule has 0 aromatic carbocycles. The molecule has 0 spiro atoms. The first kappa shape index (κ1) is 15.3. The molecule has 2 atom stereocenters. The van der Waals surface area contributed by atoms with Gasteiger partial charge in [-0.3, -0.25) is 4.90 Å². The van der Waals surface area contributed by atoms with Crippen LogP contribution in [0.5, 0.6) is 0 Å². The zero-order valence-corrected chi connectivity index (χ0v) is 13.6. The number of nitriles is 1. The van der Waals surface area contributed by atoms with E-state index in [2.05, 4.69) is 16.2 Å². The molecule has 8 nitrogen and oxygen atoms in total. The summed E-state index contributed by atoms with van der Waals surface area (Å²) in [5.41, 5.74) is 1.05. The van der Waals surface area contributed by atoms with Gasteiger partial charge in [0.15, 0.2) is 5.65 Å². The smallest absolute Gasteiger partial charge is 0.413 e. The van der Waals surface area contributed by atoms with Crippen LogP contribution in [0, 0.1) is 17.2 Å². The molecule has 0 radical (unpaired) electrons. The van der Waals surface area contributed by atoms with Crippen LogP contribution in [-0.4, -0.2) is 38.1 Å². The molecule has 1 fully saturated rings. The van der Waals surface area contributed by atoms with E-state index in [1.807, 2.05) is 0 Å². The van der Waals surface area contributed by atoms with E-state index in [1.165, 1.54) is 26.9 Å². The minimum Gasteiger partial charge on any atom is -0.465 e. The summed E-state index contributed by atoms with van der Waals surface area (Å²) in [5.74, 6) is 0.0315. The molecule has 3 aromatic heterocycles. The highest BCUT2D eigenvalue weighted by Gasteiger charge is 2.45. The maximum Gasteiger partial charge on any atom is 0.413 e. The third-order valence-electron chi connectivity index (χ3n) is 4.07. The van der Waals surface area contributed by atoms with E-state index in [0.717, 1.165) is 11.2 Å². The quantitative estimate of drug-likeness (QED) is 0.721. The van der Waals surface area contributed by atoms with Gasteiger partial charge in [0.1, 0.15) is 23.1 Å². The van der Waals surface area contributed by atoms with Crippen molar-refractivity contribution in [2.24, 2.45) is 5.92 Å². The van der Waals surface area contributed by atoms with Gasteiger partial charge >= 0.3 is 6.09 Å². The van der Waals surface area contributed by atoms with Crippen molar-refractivity contribution in [1.29, 1.82) is 5.26 Å². The molecule has 1 saturated carbocycles. The standard InChI is InChI=1S/C16H11N5O3S/c17-7-10-1-2-13(25-10)11-6-15(21-14(19-11)3-4-18-21)20(16(23)24)12-5-9(12)8-22/h1-4,6,8-9,12H,5H2,(H,23,24). The number of carboxylic acid groups (broad SMARTS) is 1. The Morgan fingerprint density at radius 3 is 2.96 bits per heavy atom. The van der Waals surface area contributed by atoms with E-state index in [4.69, 9.17) is 5.26 Å². The van der Waals surface area contributed by atoms with E-state index in [-0.39, 0.29) is 5.92 Å². The summed E-state index contributed by atoms with van der Waals surface area (Å²) in [5, 5.41) is 22.8. The molecule has 3 aromatic rings. The van der Waals surface area contributed by atoms with Gasteiger partial charge in [0.05, 0.1) is 22.8 Å². The highest BCUT2D eigenvalue weighted by atomic mass is 32.1. The molecule has 3 heterocycles. The Bertz CT molecular complexity index is 1030. The first-order chi connectivity index (χ1) is 12.1. The van der Waals surface area contributed by atoms with Crippen molar-refractivity contribution >= 4 is 35.2 Å². The summed E-state index contributed by atoms with van der Waals surface area (Å²) >= 11 is 1.28. The second-order valence-corrected chi connectivity index (χ2v) is 6.72. The number of aldehydes is 1. The van der Waals surface area contributed by atoms with Crippen LogP contribution in [0.4, 0.5) is 10.6 Å². The molecule has 4 rings (SSSR count). The lowest BCUT2D eigenvalue weighted by molar-refractivity contribution is -0.108. The average Bonchev–Trinajstić information content (AvgIpc) is 3.01.